The van der Waals surface area contributed by atoms with Crippen molar-refractivity contribution in [2.75, 3.05) is 11.9 Å². The molecule has 2 heterocycles. The Morgan fingerprint density at radius 1 is 1.08 bits per heavy atom. The molecule has 0 unspecified atom stereocenters. The minimum Gasteiger partial charge on any atom is -0.444 e. The molecule has 4 aromatic rings. The molecule has 0 aliphatic carbocycles. The summed E-state index contributed by atoms with van der Waals surface area (Å²) in [7, 11) is 1.73. The highest BCUT2D eigenvalue weighted by Gasteiger charge is 2.18. The quantitative estimate of drug-likeness (QED) is 0.555. The van der Waals surface area contributed by atoms with E-state index in [2.05, 4.69) is 9.97 Å². The summed E-state index contributed by atoms with van der Waals surface area (Å²) < 4.78 is 6.55. The van der Waals surface area contributed by atoms with Gasteiger partial charge in [-0.25, -0.2) is 9.97 Å². The molecule has 6 heteroatoms. The lowest BCUT2D eigenvalue weighted by Crippen LogP contribution is -2.27. The summed E-state index contributed by atoms with van der Waals surface area (Å²) in [5.41, 5.74) is 2.40. The Morgan fingerprint density at radius 2 is 1.84 bits per heavy atom. The SMILES string of the molecule is CN(C(=O)Cc1coc(-c2ccccc2)n1)c1nc2ccccc2s1. The average Bonchev–Trinajstić information content (AvgIpc) is 3.28. The Bertz CT molecular complexity index is 990. The summed E-state index contributed by atoms with van der Waals surface area (Å²) in [6.07, 6.45) is 1.70. The van der Waals surface area contributed by atoms with E-state index in [9.17, 15) is 4.79 Å². The third kappa shape index (κ3) is 3.16. The Balaban J connectivity index is 1.51. The molecular weight excluding hydrogens is 334 g/mol. The Kier molecular flexibility index (Phi) is 4.03. The van der Waals surface area contributed by atoms with Gasteiger partial charge in [0.25, 0.3) is 0 Å². The zero-order chi connectivity index (χ0) is 17.2. The number of thiazole rings is 1. The van der Waals surface area contributed by atoms with Gasteiger partial charge in [0.05, 0.1) is 22.3 Å². The van der Waals surface area contributed by atoms with Crippen LogP contribution in [0, 0.1) is 0 Å². The van der Waals surface area contributed by atoms with Gasteiger partial charge in [-0.05, 0) is 24.3 Å². The monoisotopic (exact) mass is 349 g/mol. The fraction of sp³-hybridized carbons (Fsp3) is 0.105. The van der Waals surface area contributed by atoms with Crippen LogP contribution < -0.4 is 4.90 Å². The van der Waals surface area contributed by atoms with E-state index in [1.54, 1.807) is 11.9 Å². The molecule has 0 fully saturated rings. The fourth-order valence-electron chi connectivity index (χ4n) is 2.49. The molecular formula is C19H15N3O2S. The molecule has 0 bridgehead atoms. The molecule has 4 rings (SSSR count). The Labute approximate surface area is 148 Å². The molecule has 0 N–H and O–H groups in total. The number of rotatable bonds is 4. The van der Waals surface area contributed by atoms with Crippen LogP contribution in [0.5, 0.6) is 0 Å². The number of nitrogens with zero attached hydrogens (tertiary/aromatic N) is 3. The predicted molar refractivity (Wildman–Crippen MR) is 98.7 cm³/mol. The van der Waals surface area contributed by atoms with Crippen LogP contribution in [-0.4, -0.2) is 22.9 Å². The molecule has 124 valence electrons. The van der Waals surface area contributed by atoms with Gasteiger partial charge >= 0.3 is 0 Å². The van der Waals surface area contributed by atoms with Crippen molar-refractivity contribution in [3.05, 3.63) is 66.6 Å². The van der Waals surface area contributed by atoms with Crippen molar-refractivity contribution in [1.82, 2.24) is 9.97 Å². The highest BCUT2D eigenvalue weighted by molar-refractivity contribution is 7.22. The first-order valence-corrected chi connectivity index (χ1v) is 8.64. The van der Waals surface area contributed by atoms with Crippen molar-refractivity contribution < 1.29 is 9.21 Å². The second-order valence-corrected chi connectivity index (χ2v) is 6.61. The minimum atomic E-state index is -0.0769. The smallest absolute Gasteiger partial charge is 0.234 e. The molecule has 0 saturated heterocycles. The zero-order valence-electron chi connectivity index (χ0n) is 13.5. The van der Waals surface area contributed by atoms with Crippen LogP contribution in [0.3, 0.4) is 0 Å². The van der Waals surface area contributed by atoms with Crippen LogP contribution in [0.2, 0.25) is 0 Å². The van der Waals surface area contributed by atoms with E-state index >= 15 is 0 Å². The van der Waals surface area contributed by atoms with Crippen LogP contribution in [0.4, 0.5) is 5.13 Å². The van der Waals surface area contributed by atoms with E-state index in [1.807, 2.05) is 54.6 Å². The first kappa shape index (κ1) is 15.5. The maximum Gasteiger partial charge on any atom is 0.234 e. The topological polar surface area (TPSA) is 59.2 Å². The van der Waals surface area contributed by atoms with Gasteiger partial charge in [0.2, 0.25) is 11.8 Å². The van der Waals surface area contributed by atoms with Gasteiger partial charge < -0.3 is 4.42 Å². The van der Waals surface area contributed by atoms with E-state index in [1.165, 1.54) is 17.6 Å². The number of fused-ring (bicyclic) bond motifs is 1. The number of anilines is 1. The number of benzene rings is 2. The van der Waals surface area contributed by atoms with Crippen molar-refractivity contribution >= 4 is 32.6 Å². The van der Waals surface area contributed by atoms with E-state index in [0.717, 1.165) is 15.8 Å². The molecule has 2 aromatic heterocycles. The molecule has 0 aliphatic rings. The summed E-state index contributed by atoms with van der Waals surface area (Å²) in [4.78, 5) is 23.0. The van der Waals surface area contributed by atoms with E-state index < -0.39 is 0 Å². The number of hydrogen-bond acceptors (Lipinski definition) is 5. The number of hydrogen-bond donors (Lipinski definition) is 0. The number of para-hydroxylation sites is 1. The second kappa shape index (κ2) is 6.49. The average molecular weight is 349 g/mol. The fourth-order valence-corrected chi connectivity index (χ4v) is 3.43. The Morgan fingerprint density at radius 3 is 2.64 bits per heavy atom. The molecule has 5 nitrogen and oxygen atoms in total. The number of likely N-dealkylation sites (N-methyl/N-ethyl adjacent to an activating group) is 1. The van der Waals surface area contributed by atoms with Gasteiger partial charge in [-0.2, -0.15) is 0 Å². The maximum atomic E-state index is 12.5. The van der Waals surface area contributed by atoms with Crippen molar-refractivity contribution in [3.63, 3.8) is 0 Å². The standard InChI is InChI=1S/C19H15N3O2S/c1-22(19-21-15-9-5-6-10-16(15)25-19)17(23)11-14-12-24-18(20-14)13-7-3-2-4-8-13/h2-10,12H,11H2,1H3. The predicted octanol–water partition coefficient (Wildman–Crippen LogP) is 4.16. The number of amides is 1. The molecule has 0 radical (unpaired) electrons. The largest absolute Gasteiger partial charge is 0.444 e. The van der Waals surface area contributed by atoms with Crippen LogP contribution in [0.25, 0.3) is 21.7 Å². The summed E-state index contributed by atoms with van der Waals surface area (Å²) >= 11 is 1.50. The van der Waals surface area contributed by atoms with Crippen LogP contribution >= 0.6 is 11.3 Å². The van der Waals surface area contributed by atoms with Gasteiger partial charge in [0.15, 0.2) is 5.13 Å². The van der Waals surface area contributed by atoms with E-state index in [0.29, 0.717) is 16.7 Å². The second-order valence-electron chi connectivity index (χ2n) is 5.60. The van der Waals surface area contributed by atoms with Crippen LogP contribution in [0.1, 0.15) is 5.69 Å². The highest BCUT2D eigenvalue weighted by Crippen LogP contribution is 2.28. The lowest BCUT2D eigenvalue weighted by Gasteiger charge is -2.12. The van der Waals surface area contributed by atoms with Crippen molar-refractivity contribution in [2.45, 2.75) is 6.42 Å². The zero-order valence-corrected chi connectivity index (χ0v) is 14.4. The van der Waals surface area contributed by atoms with Crippen molar-refractivity contribution in [2.24, 2.45) is 0 Å². The van der Waals surface area contributed by atoms with Crippen LogP contribution in [-0.2, 0) is 11.2 Å². The lowest BCUT2D eigenvalue weighted by atomic mass is 10.2. The first-order chi connectivity index (χ1) is 12.2. The van der Waals surface area contributed by atoms with E-state index in [-0.39, 0.29) is 12.3 Å². The van der Waals surface area contributed by atoms with E-state index in [4.69, 9.17) is 4.42 Å². The summed E-state index contributed by atoms with van der Waals surface area (Å²) in [5, 5.41) is 0.679. The molecule has 25 heavy (non-hydrogen) atoms. The normalized spacial score (nSPS) is 10.9. The number of oxazole rings is 1. The summed E-state index contributed by atoms with van der Waals surface area (Å²) in [6, 6.07) is 17.5. The lowest BCUT2D eigenvalue weighted by molar-refractivity contribution is -0.117. The van der Waals surface area contributed by atoms with Gasteiger partial charge in [-0.1, -0.05) is 41.7 Å². The van der Waals surface area contributed by atoms with Crippen molar-refractivity contribution in [3.8, 4) is 11.5 Å². The Hall–Kier alpha value is -2.99. The number of aromatic nitrogens is 2. The third-order valence-electron chi connectivity index (χ3n) is 3.85. The number of carbonyl (C=O) groups excluding carboxylic acids is 1. The molecule has 0 saturated carbocycles. The molecule has 1 amide bonds. The number of carbonyl (C=O) groups is 1. The molecule has 2 aromatic carbocycles. The van der Waals surface area contributed by atoms with Gasteiger partial charge in [0.1, 0.15) is 6.26 Å². The summed E-state index contributed by atoms with van der Waals surface area (Å²) in [5.74, 6) is 0.443. The third-order valence-corrected chi connectivity index (χ3v) is 4.96. The van der Waals surface area contributed by atoms with Crippen LogP contribution in [0.15, 0.2) is 65.3 Å². The van der Waals surface area contributed by atoms with Gasteiger partial charge in [-0.3, -0.25) is 9.69 Å². The molecule has 0 spiro atoms. The molecule has 0 aliphatic heterocycles. The summed E-state index contributed by atoms with van der Waals surface area (Å²) in [6.45, 7) is 0. The van der Waals surface area contributed by atoms with Crippen molar-refractivity contribution in [1.29, 1.82) is 0 Å². The minimum absolute atomic E-state index is 0.0769. The van der Waals surface area contributed by atoms with Gasteiger partial charge in [0, 0.05) is 12.6 Å². The first-order valence-electron chi connectivity index (χ1n) is 7.82. The highest BCUT2D eigenvalue weighted by atomic mass is 32.1. The maximum absolute atomic E-state index is 12.5. The van der Waals surface area contributed by atoms with Gasteiger partial charge in [-0.15, -0.1) is 0 Å². The molecule has 0 atom stereocenters.